The molecule has 0 spiro atoms. The highest BCUT2D eigenvalue weighted by Gasteiger charge is 2.15. The monoisotopic (exact) mass is 385 g/mol. The molecule has 0 aliphatic heterocycles. The smallest absolute Gasteiger partial charge is 0.408 e. The molecule has 3 nitrogen and oxygen atoms in total. The summed E-state index contributed by atoms with van der Waals surface area (Å²) in [7, 11) is 0. The molecule has 1 unspecified atom stereocenters. The topological polar surface area (TPSA) is 35.1 Å². The van der Waals surface area contributed by atoms with Gasteiger partial charge in [-0.1, -0.05) is 13.0 Å². The Kier molecular flexibility index (Phi) is 4.24. The molecule has 0 bridgehead atoms. The molecule has 2 aromatic heterocycles. The number of hydrogen-bond donors (Lipinski definition) is 0. The van der Waals surface area contributed by atoms with Crippen molar-refractivity contribution in [1.29, 1.82) is 0 Å². The van der Waals surface area contributed by atoms with Crippen molar-refractivity contribution in [2.45, 2.75) is 25.3 Å². The molecule has 3 aromatic rings. The molecule has 110 valence electrons. The number of nitrogens with zero attached hydrogens (tertiary/aromatic N) is 1. The molecule has 0 fully saturated rings. The fourth-order valence-corrected chi connectivity index (χ4v) is 3.86. The number of thiophene rings is 1. The number of benzene rings is 1. The molecule has 0 N–H and O–H groups in total. The number of fused-ring (bicyclic) bond motifs is 1. The van der Waals surface area contributed by atoms with Crippen molar-refractivity contribution in [2.75, 3.05) is 0 Å². The lowest BCUT2D eigenvalue weighted by molar-refractivity contribution is 0.502. The van der Waals surface area contributed by atoms with Crippen molar-refractivity contribution in [3.63, 3.8) is 0 Å². The lowest BCUT2D eigenvalue weighted by Gasteiger charge is -2.08. The molecule has 1 aromatic carbocycles. The molecule has 0 saturated carbocycles. The molecule has 2 heterocycles. The quantitative estimate of drug-likeness (QED) is 0.581. The Bertz CT molecular complexity index is 836. The van der Waals surface area contributed by atoms with E-state index >= 15 is 0 Å². The van der Waals surface area contributed by atoms with Crippen molar-refractivity contribution in [3.05, 3.63) is 55.1 Å². The standard InChI is InChI=1S/C15H13BrClNO2S/c1-2-5-18-11-4-3-9(6-12(11)20-15(18)19)14(17)10-7-13(16)21-8-10/h3-4,6-8,14H,2,5H2,1H3. The number of aromatic nitrogens is 1. The van der Waals surface area contributed by atoms with Crippen molar-refractivity contribution >= 4 is 50.0 Å². The summed E-state index contributed by atoms with van der Waals surface area (Å²) in [6.07, 6.45) is 0.886. The van der Waals surface area contributed by atoms with Gasteiger partial charge in [0, 0.05) is 6.54 Å². The lowest BCUT2D eigenvalue weighted by Crippen LogP contribution is -2.13. The first-order valence-corrected chi connectivity index (χ1v) is 8.72. The van der Waals surface area contributed by atoms with Gasteiger partial charge in [0.15, 0.2) is 5.58 Å². The van der Waals surface area contributed by atoms with E-state index in [4.69, 9.17) is 16.0 Å². The zero-order chi connectivity index (χ0) is 15.0. The SMILES string of the molecule is CCCn1c(=O)oc2cc(C(Cl)c3csc(Br)c3)ccc21. The molecule has 0 saturated heterocycles. The highest BCUT2D eigenvalue weighted by atomic mass is 79.9. The summed E-state index contributed by atoms with van der Waals surface area (Å²) < 4.78 is 8.03. The van der Waals surface area contributed by atoms with E-state index in [2.05, 4.69) is 15.9 Å². The third kappa shape index (κ3) is 2.82. The van der Waals surface area contributed by atoms with E-state index in [9.17, 15) is 4.79 Å². The molecule has 0 aliphatic carbocycles. The van der Waals surface area contributed by atoms with Crippen LogP contribution in [0.1, 0.15) is 29.8 Å². The third-order valence-electron chi connectivity index (χ3n) is 3.31. The molecule has 1 atom stereocenters. The third-order valence-corrected chi connectivity index (χ3v) is 5.34. The van der Waals surface area contributed by atoms with Gasteiger partial charge in [-0.25, -0.2) is 4.79 Å². The summed E-state index contributed by atoms with van der Waals surface area (Å²) in [6.45, 7) is 2.69. The van der Waals surface area contributed by atoms with Gasteiger partial charge in [-0.05, 0) is 57.1 Å². The number of halogens is 2. The summed E-state index contributed by atoms with van der Waals surface area (Å²) >= 11 is 11.6. The Morgan fingerprint density at radius 1 is 1.38 bits per heavy atom. The van der Waals surface area contributed by atoms with Crippen molar-refractivity contribution in [2.24, 2.45) is 0 Å². The maximum Gasteiger partial charge on any atom is 0.419 e. The van der Waals surface area contributed by atoms with Crippen LogP contribution >= 0.6 is 38.9 Å². The fourth-order valence-electron chi connectivity index (χ4n) is 2.32. The van der Waals surface area contributed by atoms with Crippen LogP contribution in [-0.2, 0) is 6.54 Å². The van der Waals surface area contributed by atoms with Crippen molar-refractivity contribution in [1.82, 2.24) is 4.57 Å². The second-order valence-electron chi connectivity index (χ2n) is 4.79. The predicted octanol–water partition coefficient (Wildman–Crippen LogP) is 5.16. The highest BCUT2D eigenvalue weighted by Crippen LogP contribution is 2.34. The Morgan fingerprint density at radius 2 is 2.19 bits per heavy atom. The van der Waals surface area contributed by atoms with E-state index in [1.54, 1.807) is 15.9 Å². The molecule has 0 radical (unpaired) electrons. The number of aryl methyl sites for hydroxylation is 1. The summed E-state index contributed by atoms with van der Waals surface area (Å²) in [5.41, 5.74) is 3.36. The Balaban J connectivity index is 2.03. The summed E-state index contributed by atoms with van der Waals surface area (Å²) in [4.78, 5) is 11.8. The van der Waals surface area contributed by atoms with Crippen LogP contribution < -0.4 is 5.76 Å². The molecule has 0 aliphatic rings. The van der Waals surface area contributed by atoms with Crippen LogP contribution in [0.5, 0.6) is 0 Å². The molecular weight excluding hydrogens is 374 g/mol. The van der Waals surface area contributed by atoms with Gasteiger partial charge in [0.05, 0.1) is 14.7 Å². The molecule has 3 rings (SSSR count). The van der Waals surface area contributed by atoms with Gasteiger partial charge in [0.2, 0.25) is 0 Å². The van der Waals surface area contributed by atoms with Gasteiger partial charge < -0.3 is 4.42 Å². The van der Waals surface area contributed by atoms with E-state index in [0.29, 0.717) is 12.1 Å². The second-order valence-corrected chi connectivity index (χ2v) is 7.52. The summed E-state index contributed by atoms with van der Waals surface area (Å²) in [6, 6.07) is 7.71. The van der Waals surface area contributed by atoms with Gasteiger partial charge in [-0.3, -0.25) is 4.57 Å². The number of alkyl halides is 1. The molecule has 6 heteroatoms. The minimum Gasteiger partial charge on any atom is -0.408 e. The molecule has 0 amide bonds. The Hall–Kier alpha value is -1.04. The largest absolute Gasteiger partial charge is 0.419 e. The van der Waals surface area contributed by atoms with Crippen LogP contribution in [0.15, 0.2) is 42.6 Å². The number of hydrogen-bond acceptors (Lipinski definition) is 3. The van der Waals surface area contributed by atoms with Crippen LogP contribution in [0.2, 0.25) is 0 Å². The normalized spacial score (nSPS) is 12.9. The van der Waals surface area contributed by atoms with E-state index in [1.165, 1.54) is 0 Å². The van der Waals surface area contributed by atoms with Gasteiger partial charge in [-0.2, -0.15) is 0 Å². The lowest BCUT2D eigenvalue weighted by atomic mass is 10.1. The van der Waals surface area contributed by atoms with Crippen LogP contribution in [0.4, 0.5) is 0 Å². The zero-order valence-electron chi connectivity index (χ0n) is 11.3. The highest BCUT2D eigenvalue weighted by molar-refractivity contribution is 9.11. The Labute approximate surface area is 139 Å². The first-order valence-electron chi connectivity index (χ1n) is 6.61. The molecule has 21 heavy (non-hydrogen) atoms. The molecular formula is C15H13BrClNO2S. The predicted molar refractivity (Wildman–Crippen MR) is 90.5 cm³/mol. The zero-order valence-corrected chi connectivity index (χ0v) is 14.5. The maximum absolute atomic E-state index is 11.8. The van der Waals surface area contributed by atoms with E-state index in [-0.39, 0.29) is 11.1 Å². The van der Waals surface area contributed by atoms with Crippen LogP contribution in [0.25, 0.3) is 11.1 Å². The van der Waals surface area contributed by atoms with Gasteiger partial charge in [-0.15, -0.1) is 22.9 Å². The average molecular weight is 387 g/mol. The van der Waals surface area contributed by atoms with Crippen LogP contribution in [0, 0.1) is 0 Å². The van der Waals surface area contributed by atoms with E-state index < -0.39 is 0 Å². The maximum atomic E-state index is 11.8. The van der Waals surface area contributed by atoms with Gasteiger partial charge in [0.25, 0.3) is 0 Å². The van der Waals surface area contributed by atoms with Crippen LogP contribution in [0.3, 0.4) is 0 Å². The Morgan fingerprint density at radius 3 is 2.86 bits per heavy atom. The van der Waals surface area contributed by atoms with Gasteiger partial charge in [0.1, 0.15) is 0 Å². The summed E-state index contributed by atoms with van der Waals surface area (Å²) in [5, 5.41) is 1.77. The van der Waals surface area contributed by atoms with Crippen molar-refractivity contribution in [3.8, 4) is 0 Å². The van der Waals surface area contributed by atoms with E-state index in [0.717, 1.165) is 26.9 Å². The minimum atomic E-state index is -0.312. The van der Waals surface area contributed by atoms with E-state index in [1.807, 2.05) is 36.6 Å². The number of rotatable bonds is 4. The van der Waals surface area contributed by atoms with Crippen molar-refractivity contribution < 1.29 is 4.42 Å². The van der Waals surface area contributed by atoms with Gasteiger partial charge >= 0.3 is 5.76 Å². The fraction of sp³-hybridized carbons (Fsp3) is 0.267. The van der Waals surface area contributed by atoms with Crippen LogP contribution in [-0.4, -0.2) is 4.57 Å². The minimum absolute atomic E-state index is 0.253. The second kappa shape index (κ2) is 5.99. The average Bonchev–Trinajstić information content (AvgIpc) is 3.02. The first kappa shape index (κ1) is 14.9. The summed E-state index contributed by atoms with van der Waals surface area (Å²) in [5.74, 6) is -0.312. The first-order chi connectivity index (χ1) is 10.1. The number of oxazole rings is 1.